The molecule has 0 saturated carbocycles. The van der Waals surface area contributed by atoms with E-state index in [-0.39, 0.29) is 12.6 Å². The molecule has 1 N–H and O–H groups in total. The van der Waals surface area contributed by atoms with Gasteiger partial charge in [0.1, 0.15) is 6.61 Å². The summed E-state index contributed by atoms with van der Waals surface area (Å²) >= 11 is 0. The third-order valence-corrected chi connectivity index (χ3v) is 3.40. The number of esters is 1. The van der Waals surface area contributed by atoms with Gasteiger partial charge < -0.3 is 9.84 Å². The van der Waals surface area contributed by atoms with Crippen molar-refractivity contribution in [1.82, 2.24) is 0 Å². The molecule has 0 heterocycles. The lowest BCUT2D eigenvalue weighted by Gasteiger charge is -2.12. The topological polar surface area (TPSA) is 46.5 Å². The number of aliphatic hydroxyl groups excluding tert-OH is 1. The van der Waals surface area contributed by atoms with Crippen molar-refractivity contribution in [1.29, 1.82) is 0 Å². The molecule has 0 aromatic heterocycles. The summed E-state index contributed by atoms with van der Waals surface area (Å²) in [5.41, 5.74) is 4.88. The lowest BCUT2D eigenvalue weighted by Crippen LogP contribution is -2.04. The standard InChI is InChI=1S/C17H24O3/c1-13(14(2)12-20-15(3)19)11-17-8-5-4-7-16(17)9-6-10-18/h4-5,7-8,18H,6,9-12H2,1-3H3/b14-13+. The SMILES string of the molecule is CC(=O)OC/C(C)=C(\C)Cc1ccccc1CCCO. The second-order valence-corrected chi connectivity index (χ2v) is 5.11. The predicted molar refractivity (Wildman–Crippen MR) is 80.6 cm³/mol. The number of rotatable bonds is 7. The predicted octanol–water partition coefficient (Wildman–Crippen LogP) is 3.05. The Bertz CT molecular complexity index is 475. The fraction of sp³-hybridized carbons (Fsp3) is 0.471. The molecule has 1 rings (SSSR count). The van der Waals surface area contributed by atoms with Crippen LogP contribution in [0.4, 0.5) is 0 Å². The van der Waals surface area contributed by atoms with Crippen molar-refractivity contribution in [3.05, 3.63) is 46.5 Å². The first-order valence-electron chi connectivity index (χ1n) is 7.00. The summed E-state index contributed by atoms with van der Waals surface area (Å²) in [7, 11) is 0. The maximum atomic E-state index is 10.8. The van der Waals surface area contributed by atoms with Gasteiger partial charge in [-0.05, 0) is 49.8 Å². The molecule has 0 unspecified atom stereocenters. The van der Waals surface area contributed by atoms with Crippen LogP contribution in [-0.4, -0.2) is 24.3 Å². The van der Waals surface area contributed by atoms with E-state index in [2.05, 4.69) is 19.1 Å². The number of hydrogen-bond acceptors (Lipinski definition) is 3. The fourth-order valence-electron chi connectivity index (χ4n) is 2.01. The molecule has 0 bridgehead atoms. The normalized spacial score (nSPS) is 12.0. The summed E-state index contributed by atoms with van der Waals surface area (Å²) in [5.74, 6) is -0.250. The van der Waals surface area contributed by atoms with Crippen molar-refractivity contribution in [2.75, 3.05) is 13.2 Å². The van der Waals surface area contributed by atoms with Crippen LogP contribution in [0.2, 0.25) is 0 Å². The Hall–Kier alpha value is -1.61. The van der Waals surface area contributed by atoms with Gasteiger partial charge in [-0.1, -0.05) is 29.8 Å². The Balaban J connectivity index is 2.76. The van der Waals surface area contributed by atoms with Gasteiger partial charge in [-0.15, -0.1) is 0 Å². The van der Waals surface area contributed by atoms with Gasteiger partial charge in [-0.25, -0.2) is 0 Å². The Morgan fingerprint density at radius 2 is 1.75 bits per heavy atom. The maximum absolute atomic E-state index is 10.8. The van der Waals surface area contributed by atoms with E-state index >= 15 is 0 Å². The Morgan fingerprint density at radius 3 is 2.35 bits per heavy atom. The highest BCUT2D eigenvalue weighted by Crippen LogP contribution is 2.17. The summed E-state index contributed by atoms with van der Waals surface area (Å²) in [5, 5.41) is 8.95. The molecule has 0 radical (unpaired) electrons. The monoisotopic (exact) mass is 276 g/mol. The Labute approximate surface area is 121 Å². The second-order valence-electron chi connectivity index (χ2n) is 5.11. The van der Waals surface area contributed by atoms with Crippen LogP contribution < -0.4 is 0 Å². The highest BCUT2D eigenvalue weighted by molar-refractivity contribution is 5.66. The molecular formula is C17H24O3. The Kier molecular flexibility index (Phi) is 7.02. The number of ether oxygens (including phenoxy) is 1. The van der Waals surface area contributed by atoms with E-state index in [1.54, 1.807) is 0 Å². The van der Waals surface area contributed by atoms with Gasteiger partial charge in [0.2, 0.25) is 0 Å². The molecule has 3 nitrogen and oxygen atoms in total. The van der Waals surface area contributed by atoms with E-state index in [4.69, 9.17) is 9.84 Å². The number of allylic oxidation sites excluding steroid dienone is 1. The third-order valence-electron chi connectivity index (χ3n) is 3.40. The lowest BCUT2D eigenvalue weighted by atomic mass is 9.96. The van der Waals surface area contributed by atoms with Crippen molar-refractivity contribution in [3.8, 4) is 0 Å². The number of hydrogen-bond donors (Lipinski definition) is 1. The third kappa shape index (κ3) is 5.57. The average molecular weight is 276 g/mol. The van der Waals surface area contributed by atoms with Gasteiger partial charge >= 0.3 is 5.97 Å². The van der Waals surface area contributed by atoms with E-state index in [1.165, 1.54) is 23.6 Å². The first-order chi connectivity index (χ1) is 9.54. The van der Waals surface area contributed by atoms with Gasteiger partial charge in [-0.3, -0.25) is 4.79 Å². The molecule has 0 aliphatic carbocycles. The van der Waals surface area contributed by atoms with Crippen LogP contribution in [0.15, 0.2) is 35.4 Å². The molecule has 0 atom stereocenters. The number of aliphatic hydroxyl groups is 1. The van der Waals surface area contributed by atoms with E-state index in [0.717, 1.165) is 24.8 Å². The molecule has 20 heavy (non-hydrogen) atoms. The smallest absolute Gasteiger partial charge is 0.302 e. The first-order valence-corrected chi connectivity index (χ1v) is 7.00. The minimum atomic E-state index is -0.250. The molecule has 110 valence electrons. The molecule has 0 aliphatic heterocycles. The molecule has 0 spiro atoms. The number of aryl methyl sites for hydroxylation is 1. The molecular weight excluding hydrogens is 252 g/mol. The minimum Gasteiger partial charge on any atom is -0.461 e. The van der Waals surface area contributed by atoms with Crippen molar-refractivity contribution in [3.63, 3.8) is 0 Å². The highest BCUT2D eigenvalue weighted by Gasteiger charge is 2.05. The molecule has 3 heteroatoms. The van der Waals surface area contributed by atoms with E-state index in [9.17, 15) is 4.79 Å². The van der Waals surface area contributed by atoms with Gasteiger partial charge in [0.25, 0.3) is 0 Å². The van der Waals surface area contributed by atoms with Crippen molar-refractivity contribution in [2.24, 2.45) is 0 Å². The van der Waals surface area contributed by atoms with Crippen LogP contribution in [0.25, 0.3) is 0 Å². The van der Waals surface area contributed by atoms with Crippen LogP contribution in [0.5, 0.6) is 0 Å². The van der Waals surface area contributed by atoms with Crippen LogP contribution >= 0.6 is 0 Å². The summed E-state index contributed by atoms with van der Waals surface area (Å²) < 4.78 is 5.03. The molecule has 0 fully saturated rings. The van der Waals surface area contributed by atoms with Crippen LogP contribution in [0, 0.1) is 0 Å². The summed E-state index contributed by atoms with van der Waals surface area (Å²) in [6, 6.07) is 8.29. The van der Waals surface area contributed by atoms with Gasteiger partial charge in [-0.2, -0.15) is 0 Å². The number of carbonyl (C=O) groups is 1. The zero-order valence-corrected chi connectivity index (χ0v) is 12.6. The number of benzene rings is 1. The first kappa shape index (κ1) is 16.4. The van der Waals surface area contributed by atoms with Gasteiger partial charge in [0.05, 0.1) is 0 Å². The highest BCUT2D eigenvalue weighted by atomic mass is 16.5. The summed E-state index contributed by atoms with van der Waals surface area (Å²) in [4.78, 5) is 10.8. The summed E-state index contributed by atoms with van der Waals surface area (Å²) in [6.45, 7) is 6.07. The number of carbonyl (C=O) groups excluding carboxylic acids is 1. The van der Waals surface area contributed by atoms with Crippen molar-refractivity contribution < 1.29 is 14.6 Å². The molecule has 0 amide bonds. The van der Waals surface area contributed by atoms with Crippen molar-refractivity contribution in [2.45, 2.75) is 40.0 Å². The minimum absolute atomic E-state index is 0.217. The maximum Gasteiger partial charge on any atom is 0.302 e. The molecule has 0 aliphatic rings. The van der Waals surface area contributed by atoms with Crippen LogP contribution in [0.1, 0.15) is 38.3 Å². The van der Waals surface area contributed by atoms with Crippen LogP contribution in [-0.2, 0) is 22.4 Å². The second kappa shape index (κ2) is 8.54. The zero-order chi connectivity index (χ0) is 15.0. The van der Waals surface area contributed by atoms with Crippen molar-refractivity contribution >= 4 is 5.97 Å². The molecule has 1 aromatic rings. The van der Waals surface area contributed by atoms with Gasteiger partial charge in [0, 0.05) is 13.5 Å². The fourth-order valence-corrected chi connectivity index (χ4v) is 2.01. The molecule has 0 saturated heterocycles. The van der Waals surface area contributed by atoms with E-state index in [0.29, 0.717) is 6.61 Å². The summed E-state index contributed by atoms with van der Waals surface area (Å²) in [6.07, 6.45) is 2.53. The molecule has 1 aromatic carbocycles. The largest absolute Gasteiger partial charge is 0.461 e. The average Bonchev–Trinajstić information content (AvgIpc) is 2.43. The van der Waals surface area contributed by atoms with E-state index < -0.39 is 0 Å². The van der Waals surface area contributed by atoms with Crippen LogP contribution in [0.3, 0.4) is 0 Å². The lowest BCUT2D eigenvalue weighted by molar-refractivity contribution is -0.139. The quantitative estimate of drug-likeness (QED) is 0.615. The van der Waals surface area contributed by atoms with Gasteiger partial charge in [0.15, 0.2) is 0 Å². The Morgan fingerprint density at radius 1 is 1.10 bits per heavy atom. The van der Waals surface area contributed by atoms with E-state index in [1.807, 2.05) is 19.1 Å². The zero-order valence-electron chi connectivity index (χ0n) is 12.6.